The lowest BCUT2D eigenvalue weighted by molar-refractivity contribution is -0.0223. The summed E-state index contributed by atoms with van der Waals surface area (Å²) < 4.78 is 5.45. The maximum atomic E-state index is 6.24. The topological polar surface area (TPSA) is 37.4 Å². The zero-order valence-electron chi connectivity index (χ0n) is 12.5. The quantitative estimate of drug-likeness (QED) is 0.902. The van der Waals surface area contributed by atoms with Crippen LogP contribution in [0.15, 0.2) is 18.5 Å². The molecule has 0 aromatic carbocycles. The lowest BCUT2D eigenvalue weighted by Gasteiger charge is -2.46. The van der Waals surface area contributed by atoms with Crippen LogP contribution in [0.2, 0.25) is 5.02 Å². The van der Waals surface area contributed by atoms with Gasteiger partial charge in [-0.05, 0) is 38.9 Å². The minimum Gasteiger partial charge on any atom is -0.379 e. The van der Waals surface area contributed by atoms with Gasteiger partial charge in [0.25, 0.3) is 0 Å². The first-order valence-electron chi connectivity index (χ1n) is 7.14. The van der Waals surface area contributed by atoms with Crippen LogP contribution in [-0.2, 0) is 11.2 Å². The van der Waals surface area contributed by atoms with Gasteiger partial charge in [0.15, 0.2) is 0 Å². The van der Waals surface area contributed by atoms with E-state index in [1.54, 1.807) is 12.4 Å². The van der Waals surface area contributed by atoms with Crippen molar-refractivity contribution in [3.8, 4) is 0 Å². The highest BCUT2D eigenvalue weighted by molar-refractivity contribution is 6.31. The van der Waals surface area contributed by atoms with Gasteiger partial charge in [0.2, 0.25) is 0 Å². The highest BCUT2D eigenvalue weighted by Gasteiger charge is 2.35. The summed E-state index contributed by atoms with van der Waals surface area (Å²) in [6.07, 6.45) is 4.41. The van der Waals surface area contributed by atoms with E-state index in [-0.39, 0.29) is 5.54 Å². The number of morpholine rings is 1. The Morgan fingerprint density at radius 3 is 2.75 bits per heavy atom. The molecule has 2 rings (SSSR count). The number of hydrogen-bond acceptors (Lipinski definition) is 4. The SMILES string of the molecule is CNC(Cc1ccncc1Cl)C(C)(C)N1CCOCC1. The number of nitrogens with one attached hydrogen (secondary N) is 1. The number of aromatic nitrogens is 1. The maximum Gasteiger partial charge on any atom is 0.0621 e. The van der Waals surface area contributed by atoms with Crippen molar-refractivity contribution >= 4 is 11.6 Å². The standard InChI is InChI=1S/C15H24ClN3O/c1-15(2,19-6-8-20-9-7-19)14(17-3)10-12-4-5-18-11-13(12)16/h4-5,11,14,17H,6-10H2,1-3H3. The van der Waals surface area contributed by atoms with Crippen molar-refractivity contribution in [3.63, 3.8) is 0 Å². The second-order valence-electron chi connectivity index (χ2n) is 5.77. The molecule has 1 aromatic heterocycles. The Balaban J connectivity index is 2.12. The molecule has 1 aliphatic rings. The summed E-state index contributed by atoms with van der Waals surface area (Å²) in [5.41, 5.74) is 1.19. The summed E-state index contributed by atoms with van der Waals surface area (Å²) in [6, 6.07) is 2.32. The number of ether oxygens (including phenoxy) is 1. The Morgan fingerprint density at radius 1 is 1.45 bits per heavy atom. The van der Waals surface area contributed by atoms with Gasteiger partial charge in [0, 0.05) is 37.1 Å². The Labute approximate surface area is 126 Å². The predicted molar refractivity (Wildman–Crippen MR) is 82.3 cm³/mol. The van der Waals surface area contributed by atoms with Gasteiger partial charge in [-0.1, -0.05) is 11.6 Å². The number of hydrogen-bond donors (Lipinski definition) is 1. The summed E-state index contributed by atoms with van der Waals surface area (Å²) in [5.74, 6) is 0. The largest absolute Gasteiger partial charge is 0.379 e. The van der Waals surface area contributed by atoms with Crippen molar-refractivity contribution in [1.29, 1.82) is 0 Å². The molecule has 0 amide bonds. The first kappa shape index (κ1) is 15.7. The van der Waals surface area contributed by atoms with Crippen LogP contribution >= 0.6 is 11.6 Å². The summed E-state index contributed by atoms with van der Waals surface area (Å²) in [4.78, 5) is 6.54. The summed E-state index contributed by atoms with van der Waals surface area (Å²) in [7, 11) is 2.02. The smallest absolute Gasteiger partial charge is 0.0621 e. The van der Waals surface area contributed by atoms with Crippen LogP contribution in [0.3, 0.4) is 0 Å². The fraction of sp³-hybridized carbons (Fsp3) is 0.667. The Bertz CT molecular complexity index is 433. The number of halogens is 1. The lowest BCUT2D eigenvalue weighted by Crippen LogP contribution is -2.60. The fourth-order valence-corrected chi connectivity index (χ4v) is 3.05. The van der Waals surface area contributed by atoms with Gasteiger partial charge in [-0.15, -0.1) is 0 Å². The van der Waals surface area contributed by atoms with Crippen LogP contribution < -0.4 is 5.32 Å². The Kier molecular flexibility index (Phi) is 5.38. The maximum absolute atomic E-state index is 6.24. The highest BCUT2D eigenvalue weighted by atomic mass is 35.5. The monoisotopic (exact) mass is 297 g/mol. The van der Waals surface area contributed by atoms with Crippen molar-refractivity contribution in [3.05, 3.63) is 29.0 Å². The molecule has 0 spiro atoms. The molecule has 0 bridgehead atoms. The summed E-state index contributed by atoms with van der Waals surface area (Å²) >= 11 is 6.24. The number of nitrogens with zero attached hydrogens (tertiary/aromatic N) is 2. The van der Waals surface area contributed by atoms with E-state index in [2.05, 4.69) is 29.0 Å². The Morgan fingerprint density at radius 2 is 2.15 bits per heavy atom. The lowest BCUT2D eigenvalue weighted by atomic mass is 9.87. The van der Waals surface area contributed by atoms with Gasteiger partial charge in [-0.25, -0.2) is 0 Å². The molecule has 0 saturated carbocycles. The van der Waals surface area contributed by atoms with Gasteiger partial charge < -0.3 is 10.1 Å². The van der Waals surface area contributed by atoms with E-state index in [0.29, 0.717) is 6.04 Å². The fourth-order valence-electron chi connectivity index (χ4n) is 2.85. The average molecular weight is 298 g/mol. The van der Waals surface area contributed by atoms with E-state index in [1.807, 2.05) is 13.1 Å². The third kappa shape index (κ3) is 3.50. The highest BCUT2D eigenvalue weighted by Crippen LogP contribution is 2.25. The van der Waals surface area contributed by atoms with E-state index in [1.165, 1.54) is 0 Å². The van der Waals surface area contributed by atoms with Crippen LogP contribution in [0.5, 0.6) is 0 Å². The van der Waals surface area contributed by atoms with E-state index >= 15 is 0 Å². The normalized spacial score (nSPS) is 19.0. The third-order valence-electron chi connectivity index (χ3n) is 4.31. The predicted octanol–water partition coefficient (Wildman–Crippen LogP) is 1.98. The molecule has 0 radical (unpaired) electrons. The second-order valence-corrected chi connectivity index (χ2v) is 6.17. The van der Waals surface area contributed by atoms with Crippen molar-refractivity contribution in [2.24, 2.45) is 0 Å². The molecule has 1 saturated heterocycles. The Hall–Kier alpha value is -0.680. The molecule has 1 aliphatic heterocycles. The molecule has 112 valence electrons. The van der Waals surface area contributed by atoms with Gasteiger partial charge in [0.05, 0.1) is 18.2 Å². The van der Waals surface area contributed by atoms with E-state index in [9.17, 15) is 0 Å². The molecule has 20 heavy (non-hydrogen) atoms. The van der Waals surface area contributed by atoms with Crippen molar-refractivity contribution in [1.82, 2.24) is 15.2 Å². The average Bonchev–Trinajstić information content (AvgIpc) is 2.47. The van der Waals surface area contributed by atoms with E-state index in [4.69, 9.17) is 16.3 Å². The minimum absolute atomic E-state index is 0.0468. The van der Waals surface area contributed by atoms with Crippen LogP contribution in [0, 0.1) is 0 Å². The van der Waals surface area contributed by atoms with Crippen LogP contribution in [-0.4, -0.2) is 54.8 Å². The second kappa shape index (κ2) is 6.85. The van der Waals surface area contributed by atoms with Crippen LogP contribution in [0.4, 0.5) is 0 Å². The number of likely N-dealkylation sites (N-methyl/N-ethyl adjacent to an activating group) is 1. The van der Waals surface area contributed by atoms with Crippen LogP contribution in [0.25, 0.3) is 0 Å². The molecular formula is C15H24ClN3O. The third-order valence-corrected chi connectivity index (χ3v) is 4.65. The summed E-state index contributed by atoms with van der Waals surface area (Å²) in [6.45, 7) is 8.17. The molecule has 1 unspecified atom stereocenters. The summed E-state index contributed by atoms with van der Waals surface area (Å²) in [5, 5.41) is 4.20. The van der Waals surface area contributed by atoms with Gasteiger partial charge in [-0.3, -0.25) is 9.88 Å². The molecule has 1 fully saturated rings. The molecule has 0 aliphatic carbocycles. The van der Waals surface area contributed by atoms with E-state index < -0.39 is 0 Å². The zero-order valence-corrected chi connectivity index (χ0v) is 13.3. The number of rotatable bonds is 5. The molecule has 1 aromatic rings. The van der Waals surface area contributed by atoms with Crippen molar-refractivity contribution in [2.75, 3.05) is 33.4 Å². The molecule has 5 heteroatoms. The van der Waals surface area contributed by atoms with Crippen molar-refractivity contribution in [2.45, 2.75) is 31.8 Å². The van der Waals surface area contributed by atoms with Gasteiger partial charge >= 0.3 is 0 Å². The molecular weight excluding hydrogens is 274 g/mol. The van der Waals surface area contributed by atoms with Gasteiger partial charge in [-0.2, -0.15) is 0 Å². The minimum atomic E-state index is 0.0468. The van der Waals surface area contributed by atoms with E-state index in [0.717, 1.165) is 43.3 Å². The number of pyridine rings is 1. The molecule has 1 N–H and O–H groups in total. The molecule has 2 heterocycles. The molecule has 4 nitrogen and oxygen atoms in total. The van der Waals surface area contributed by atoms with Gasteiger partial charge in [0.1, 0.15) is 0 Å². The zero-order chi connectivity index (χ0) is 14.6. The molecule has 1 atom stereocenters. The first-order valence-corrected chi connectivity index (χ1v) is 7.52. The van der Waals surface area contributed by atoms with Crippen molar-refractivity contribution < 1.29 is 4.74 Å². The van der Waals surface area contributed by atoms with Crippen LogP contribution in [0.1, 0.15) is 19.4 Å². The first-order chi connectivity index (χ1) is 9.55.